The van der Waals surface area contributed by atoms with Crippen molar-refractivity contribution in [2.75, 3.05) is 12.8 Å². The first kappa shape index (κ1) is 14.4. The number of aromatic nitrogens is 2. The van der Waals surface area contributed by atoms with Crippen molar-refractivity contribution in [3.05, 3.63) is 44.5 Å². The van der Waals surface area contributed by atoms with Gasteiger partial charge in [0.1, 0.15) is 5.82 Å². The molecule has 8 heteroatoms. The monoisotopic (exact) mass is 338 g/mol. The van der Waals surface area contributed by atoms with E-state index < -0.39 is 4.92 Å². The van der Waals surface area contributed by atoms with Gasteiger partial charge in [0.25, 0.3) is 5.69 Å². The van der Waals surface area contributed by atoms with E-state index >= 15 is 0 Å². The molecule has 0 unspecified atom stereocenters. The number of anilines is 1. The maximum Gasteiger partial charge on any atom is 0.269 e. The standard InChI is InChI=1S/C12H11BrN4O3/c1-20-6-9-10(13)11(14)16-12(15-9)7-2-4-8(5-3-7)17(18)19/h2-5H,6H2,1H3,(H2,14,15,16). The number of methoxy groups -OCH3 is 1. The van der Waals surface area contributed by atoms with Gasteiger partial charge in [-0.05, 0) is 28.1 Å². The first-order valence-corrected chi connectivity index (χ1v) is 6.38. The quantitative estimate of drug-likeness (QED) is 0.678. The summed E-state index contributed by atoms with van der Waals surface area (Å²) in [6.07, 6.45) is 0. The number of benzene rings is 1. The van der Waals surface area contributed by atoms with Gasteiger partial charge in [-0.2, -0.15) is 0 Å². The van der Waals surface area contributed by atoms with Gasteiger partial charge in [-0.15, -0.1) is 0 Å². The predicted octanol–water partition coefficient (Wildman–Crippen LogP) is 2.54. The van der Waals surface area contributed by atoms with Crippen molar-refractivity contribution in [1.82, 2.24) is 9.97 Å². The second kappa shape index (κ2) is 5.93. The van der Waals surface area contributed by atoms with Crippen LogP contribution in [0.5, 0.6) is 0 Å². The topological polar surface area (TPSA) is 104 Å². The number of nitro groups is 1. The van der Waals surface area contributed by atoms with E-state index in [1.54, 1.807) is 19.2 Å². The number of nitro benzene ring substituents is 1. The van der Waals surface area contributed by atoms with Gasteiger partial charge >= 0.3 is 0 Å². The normalized spacial score (nSPS) is 10.5. The fraction of sp³-hybridized carbons (Fsp3) is 0.167. The molecule has 0 radical (unpaired) electrons. The Morgan fingerprint density at radius 2 is 2.00 bits per heavy atom. The molecule has 0 saturated carbocycles. The van der Waals surface area contributed by atoms with Crippen LogP contribution in [0.25, 0.3) is 11.4 Å². The lowest BCUT2D eigenvalue weighted by Crippen LogP contribution is -2.03. The molecule has 2 N–H and O–H groups in total. The van der Waals surface area contributed by atoms with Crippen LogP contribution in [0, 0.1) is 10.1 Å². The van der Waals surface area contributed by atoms with Crippen molar-refractivity contribution in [3.8, 4) is 11.4 Å². The number of non-ortho nitro benzene ring substituents is 1. The van der Waals surface area contributed by atoms with Crippen LogP contribution >= 0.6 is 15.9 Å². The summed E-state index contributed by atoms with van der Waals surface area (Å²) in [5.41, 5.74) is 7.08. The molecule has 0 amide bonds. The maximum absolute atomic E-state index is 10.6. The lowest BCUT2D eigenvalue weighted by Gasteiger charge is -2.08. The third-order valence-corrected chi connectivity index (χ3v) is 3.43. The summed E-state index contributed by atoms with van der Waals surface area (Å²) in [4.78, 5) is 18.6. The van der Waals surface area contributed by atoms with E-state index in [1.807, 2.05) is 0 Å². The summed E-state index contributed by atoms with van der Waals surface area (Å²) in [6.45, 7) is 0.285. The first-order valence-electron chi connectivity index (χ1n) is 5.58. The number of nitrogen functional groups attached to an aromatic ring is 1. The molecule has 1 heterocycles. The second-order valence-electron chi connectivity index (χ2n) is 3.93. The average Bonchev–Trinajstić information content (AvgIpc) is 2.44. The van der Waals surface area contributed by atoms with E-state index in [0.29, 0.717) is 27.4 Å². The highest BCUT2D eigenvalue weighted by molar-refractivity contribution is 9.10. The first-order chi connectivity index (χ1) is 9.52. The minimum absolute atomic E-state index is 0.0101. The second-order valence-corrected chi connectivity index (χ2v) is 4.72. The lowest BCUT2D eigenvalue weighted by atomic mass is 10.2. The Kier molecular flexibility index (Phi) is 4.26. The van der Waals surface area contributed by atoms with Crippen molar-refractivity contribution >= 4 is 27.4 Å². The number of hydrogen-bond acceptors (Lipinski definition) is 6. The van der Waals surface area contributed by atoms with Crippen molar-refractivity contribution in [1.29, 1.82) is 0 Å². The maximum atomic E-state index is 10.6. The van der Waals surface area contributed by atoms with Crippen LogP contribution in [0.3, 0.4) is 0 Å². The minimum atomic E-state index is -0.461. The van der Waals surface area contributed by atoms with Gasteiger partial charge in [0.15, 0.2) is 5.82 Å². The zero-order valence-corrected chi connectivity index (χ0v) is 12.1. The van der Waals surface area contributed by atoms with Crippen LogP contribution in [-0.4, -0.2) is 22.0 Å². The van der Waals surface area contributed by atoms with Crippen LogP contribution in [-0.2, 0) is 11.3 Å². The largest absolute Gasteiger partial charge is 0.383 e. The van der Waals surface area contributed by atoms with Crippen molar-refractivity contribution in [3.63, 3.8) is 0 Å². The van der Waals surface area contributed by atoms with Gasteiger partial charge in [-0.25, -0.2) is 9.97 Å². The molecule has 0 aliphatic rings. The summed E-state index contributed by atoms with van der Waals surface area (Å²) in [7, 11) is 1.55. The van der Waals surface area contributed by atoms with Crippen molar-refractivity contribution in [2.45, 2.75) is 6.61 Å². The van der Waals surface area contributed by atoms with Crippen molar-refractivity contribution < 1.29 is 9.66 Å². The third-order valence-electron chi connectivity index (χ3n) is 2.56. The number of ether oxygens (including phenoxy) is 1. The average molecular weight is 339 g/mol. The van der Waals surface area contributed by atoms with Crippen LogP contribution < -0.4 is 5.73 Å². The smallest absolute Gasteiger partial charge is 0.269 e. The molecule has 0 aliphatic carbocycles. The Hall–Kier alpha value is -2.06. The molecule has 104 valence electrons. The molecule has 2 rings (SSSR count). The molecule has 0 aliphatic heterocycles. The Balaban J connectivity index is 2.44. The SMILES string of the molecule is COCc1nc(-c2ccc([N+](=O)[O-])cc2)nc(N)c1Br. The highest BCUT2D eigenvalue weighted by Gasteiger charge is 2.12. The van der Waals surface area contributed by atoms with E-state index in [1.165, 1.54) is 12.1 Å². The van der Waals surface area contributed by atoms with Crippen LogP contribution in [0.4, 0.5) is 11.5 Å². The molecule has 1 aromatic carbocycles. The molecule has 20 heavy (non-hydrogen) atoms. The molecule has 2 aromatic rings. The van der Waals surface area contributed by atoms with E-state index in [-0.39, 0.29) is 12.3 Å². The lowest BCUT2D eigenvalue weighted by molar-refractivity contribution is -0.384. The molecule has 0 fully saturated rings. The summed E-state index contributed by atoms with van der Waals surface area (Å²) >= 11 is 3.30. The predicted molar refractivity (Wildman–Crippen MR) is 76.9 cm³/mol. The Morgan fingerprint density at radius 1 is 1.35 bits per heavy atom. The van der Waals surface area contributed by atoms with Gasteiger partial charge in [0.05, 0.1) is 21.7 Å². The third kappa shape index (κ3) is 2.91. The Morgan fingerprint density at radius 3 is 2.55 bits per heavy atom. The fourth-order valence-corrected chi connectivity index (χ4v) is 1.90. The summed E-state index contributed by atoms with van der Waals surface area (Å²) < 4.78 is 5.63. The molecular formula is C12H11BrN4O3. The number of halogens is 1. The van der Waals surface area contributed by atoms with Crippen LogP contribution in [0.1, 0.15) is 5.69 Å². The number of hydrogen-bond donors (Lipinski definition) is 1. The van der Waals surface area contributed by atoms with Crippen LogP contribution in [0.2, 0.25) is 0 Å². The molecule has 0 atom stereocenters. The van der Waals surface area contributed by atoms with Gasteiger partial charge in [0, 0.05) is 24.8 Å². The summed E-state index contributed by atoms with van der Waals surface area (Å²) in [5, 5.41) is 10.6. The van der Waals surface area contributed by atoms with E-state index in [9.17, 15) is 10.1 Å². The molecule has 0 bridgehead atoms. The molecule has 7 nitrogen and oxygen atoms in total. The molecule has 0 saturated heterocycles. The molecular weight excluding hydrogens is 328 g/mol. The summed E-state index contributed by atoms with van der Waals surface area (Å²) in [6, 6.07) is 5.95. The highest BCUT2D eigenvalue weighted by Crippen LogP contribution is 2.26. The van der Waals surface area contributed by atoms with Gasteiger partial charge in [0.2, 0.25) is 0 Å². The zero-order chi connectivity index (χ0) is 14.7. The van der Waals surface area contributed by atoms with Crippen LogP contribution in [0.15, 0.2) is 28.7 Å². The van der Waals surface area contributed by atoms with Gasteiger partial charge in [-0.1, -0.05) is 0 Å². The van der Waals surface area contributed by atoms with E-state index in [2.05, 4.69) is 25.9 Å². The Bertz CT molecular complexity index is 646. The number of nitrogens with two attached hydrogens (primary N) is 1. The number of rotatable bonds is 4. The Labute approximate surface area is 123 Å². The van der Waals surface area contributed by atoms with E-state index in [4.69, 9.17) is 10.5 Å². The number of nitrogens with zero attached hydrogens (tertiary/aromatic N) is 3. The fourth-order valence-electron chi connectivity index (χ4n) is 1.61. The minimum Gasteiger partial charge on any atom is -0.383 e. The van der Waals surface area contributed by atoms with Gasteiger partial charge in [-0.3, -0.25) is 10.1 Å². The molecule has 1 aromatic heterocycles. The van der Waals surface area contributed by atoms with E-state index in [0.717, 1.165) is 0 Å². The highest BCUT2D eigenvalue weighted by atomic mass is 79.9. The van der Waals surface area contributed by atoms with Gasteiger partial charge < -0.3 is 10.5 Å². The zero-order valence-electron chi connectivity index (χ0n) is 10.5. The van der Waals surface area contributed by atoms with Crippen molar-refractivity contribution in [2.24, 2.45) is 0 Å². The molecule has 0 spiro atoms. The summed E-state index contributed by atoms with van der Waals surface area (Å²) in [5.74, 6) is 0.688.